The molecule has 0 bridgehead atoms. The van der Waals surface area contributed by atoms with E-state index < -0.39 is 5.97 Å². The van der Waals surface area contributed by atoms with Crippen LogP contribution in [0.1, 0.15) is 19.4 Å². The molecule has 1 heterocycles. The first-order valence-electron chi connectivity index (χ1n) is 8.80. The Morgan fingerprint density at radius 1 is 1.11 bits per heavy atom. The third-order valence-corrected chi connectivity index (χ3v) is 4.64. The van der Waals surface area contributed by atoms with Crippen LogP contribution in [0.15, 0.2) is 65.4 Å². The van der Waals surface area contributed by atoms with E-state index in [-0.39, 0.29) is 23.7 Å². The maximum atomic E-state index is 13.2. The molecule has 0 N–H and O–H groups in total. The van der Waals surface area contributed by atoms with Crippen molar-refractivity contribution in [2.24, 2.45) is 0 Å². The van der Waals surface area contributed by atoms with Gasteiger partial charge in [-0.3, -0.25) is 9.69 Å². The van der Waals surface area contributed by atoms with E-state index in [1.54, 1.807) is 75.6 Å². The molecule has 0 fully saturated rings. The van der Waals surface area contributed by atoms with Crippen LogP contribution in [0.5, 0.6) is 5.75 Å². The number of allylic oxidation sites excluding steroid dienone is 1. The second-order valence-electron chi connectivity index (χ2n) is 6.13. The van der Waals surface area contributed by atoms with Crippen molar-refractivity contribution >= 4 is 35.2 Å². The van der Waals surface area contributed by atoms with Gasteiger partial charge in [0.15, 0.2) is 0 Å². The number of halogens is 1. The Morgan fingerprint density at radius 3 is 2.32 bits per heavy atom. The summed E-state index contributed by atoms with van der Waals surface area (Å²) >= 11 is 5.94. The molecular formula is C22H20ClNO4. The zero-order valence-electron chi connectivity index (χ0n) is 15.9. The van der Waals surface area contributed by atoms with Gasteiger partial charge in [0.1, 0.15) is 5.75 Å². The van der Waals surface area contributed by atoms with E-state index in [1.165, 1.54) is 4.90 Å². The number of hydrogen-bond donors (Lipinski definition) is 0. The summed E-state index contributed by atoms with van der Waals surface area (Å²) in [5, 5.41) is 0.595. The molecule has 0 radical (unpaired) electrons. The first-order chi connectivity index (χ1) is 13.5. The summed E-state index contributed by atoms with van der Waals surface area (Å²) in [6.07, 6.45) is 1.68. The van der Waals surface area contributed by atoms with Crippen LogP contribution in [0, 0.1) is 0 Å². The number of carbonyl (C=O) groups excluding carboxylic acids is 2. The molecule has 2 aromatic carbocycles. The highest BCUT2D eigenvalue weighted by atomic mass is 35.5. The van der Waals surface area contributed by atoms with Crippen LogP contribution in [0.2, 0.25) is 5.02 Å². The van der Waals surface area contributed by atoms with Gasteiger partial charge in [0.25, 0.3) is 5.91 Å². The Morgan fingerprint density at radius 2 is 1.75 bits per heavy atom. The van der Waals surface area contributed by atoms with Crippen LogP contribution in [-0.4, -0.2) is 25.6 Å². The fourth-order valence-corrected chi connectivity index (χ4v) is 3.18. The van der Waals surface area contributed by atoms with Crippen molar-refractivity contribution in [2.75, 3.05) is 18.6 Å². The molecule has 144 valence electrons. The summed E-state index contributed by atoms with van der Waals surface area (Å²) in [5.41, 5.74) is 2.48. The Labute approximate surface area is 168 Å². The number of benzene rings is 2. The summed E-state index contributed by atoms with van der Waals surface area (Å²) in [6, 6.07) is 14.1. The van der Waals surface area contributed by atoms with Crippen LogP contribution in [0.25, 0.3) is 6.08 Å². The minimum atomic E-state index is -0.524. The number of esters is 1. The molecule has 1 amide bonds. The van der Waals surface area contributed by atoms with Crippen LogP contribution in [-0.2, 0) is 14.3 Å². The monoisotopic (exact) mass is 397 g/mol. The lowest BCUT2D eigenvalue weighted by molar-refractivity contribution is -0.138. The summed E-state index contributed by atoms with van der Waals surface area (Å²) in [5.74, 6) is -0.134. The third kappa shape index (κ3) is 3.80. The predicted octanol–water partition coefficient (Wildman–Crippen LogP) is 4.62. The molecule has 0 spiro atoms. The van der Waals surface area contributed by atoms with Gasteiger partial charge < -0.3 is 9.47 Å². The van der Waals surface area contributed by atoms with E-state index in [0.717, 1.165) is 5.56 Å². The molecule has 0 saturated carbocycles. The van der Waals surface area contributed by atoms with Crippen molar-refractivity contribution in [3.63, 3.8) is 0 Å². The predicted molar refractivity (Wildman–Crippen MR) is 109 cm³/mol. The number of amides is 1. The molecule has 0 unspecified atom stereocenters. The van der Waals surface area contributed by atoms with Gasteiger partial charge in [0.2, 0.25) is 0 Å². The SMILES string of the molecule is CCOC(=O)C1=C(C)N(c2ccc(OC)cc2)C(=O)/C1=C/c1ccc(Cl)cc1. The van der Waals surface area contributed by atoms with Gasteiger partial charge in [0, 0.05) is 16.4 Å². The molecule has 28 heavy (non-hydrogen) atoms. The van der Waals surface area contributed by atoms with E-state index in [9.17, 15) is 9.59 Å². The standard InChI is InChI=1S/C22H20ClNO4/c1-4-28-22(26)20-14(2)24(17-9-11-18(27-3)12-10-17)21(25)19(20)13-15-5-7-16(23)8-6-15/h5-13H,4H2,1-3H3/b19-13+. The van der Waals surface area contributed by atoms with E-state index in [4.69, 9.17) is 21.1 Å². The molecule has 0 aliphatic carbocycles. The Hall–Kier alpha value is -3.05. The van der Waals surface area contributed by atoms with Crippen molar-refractivity contribution in [3.8, 4) is 5.75 Å². The quantitative estimate of drug-likeness (QED) is 0.545. The fourth-order valence-electron chi connectivity index (χ4n) is 3.05. The Kier molecular flexibility index (Phi) is 5.85. The summed E-state index contributed by atoms with van der Waals surface area (Å²) in [7, 11) is 1.58. The normalized spacial score (nSPS) is 15.4. The van der Waals surface area contributed by atoms with Gasteiger partial charge in [-0.25, -0.2) is 4.79 Å². The van der Waals surface area contributed by atoms with Crippen molar-refractivity contribution in [3.05, 3.63) is 76.0 Å². The molecule has 1 aliphatic rings. The van der Waals surface area contributed by atoms with Crippen LogP contribution in [0.4, 0.5) is 5.69 Å². The zero-order chi connectivity index (χ0) is 20.3. The molecule has 0 aromatic heterocycles. The first kappa shape index (κ1) is 19.7. The minimum absolute atomic E-state index is 0.223. The van der Waals surface area contributed by atoms with Crippen molar-refractivity contribution in [2.45, 2.75) is 13.8 Å². The number of rotatable bonds is 5. The lowest BCUT2D eigenvalue weighted by atomic mass is 10.0. The van der Waals surface area contributed by atoms with Crippen LogP contribution < -0.4 is 9.64 Å². The third-order valence-electron chi connectivity index (χ3n) is 4.39. The number of methoxy groups -OCH3 is 1. The topological polar surface area (TPSA) is 55.8 Å². The molecule has 0 atom stereocenters. The summed E-state index contributed by atoms with van der Waals surface area (Å²) in [4.78, 5) is 27.3. The Bertz CT molecular complexity index is 959. The minimum Gasteiger partial charge on any atom is -0.497 e. The van der Waals surface area contributed by atoms with Crippen molar-refractivity contribution in [1.29, 1.82) is 0 Å². The van der Waals surface area contributed by atoms with Crippen molar-refractivity contribution in [1.82, 2.24) is 0 Å². The number of nitrogens with zero attached hydrogens (tertiary/aromatic N) is 1. The first-order valence-corrected chi connectivity index (χ1v) is 9.18. The highest BCUT2D eigenvalue weighted by Gasteiger charge is 2.38. The van der Waals surface area contributed by atoms with Gasteiger partial charge in [-0.05, 0) is 61.9 Å². The zero-order valence-corrected chi connectivity index (χ0v) is 16.6. The lowest BCUT2D eigenvalue weighted by Gasteiger charge is -2.18. The van der Waals surface area contributed by atoms with Gasteiger partial charge in [-0.15, -0.1) is 0 Å². The highest BCUT2D eigenvalue weighted by Crippen LogP contribution is 2.36. The maximum Gasteiger partial charge on any atom is 0.340 e. The van der Waals surface area contributed by atoms with E-state index in [2.05, 4.69) is 0 Å². The Balaban J connectivity index is 2.09. The van der Waals surface area contributed by atoms with E-state index in [0.29, 0.717) is 22.2 Å². The average Bonchev–Trinajstić information content (AvgIpc) is 2.93. The van der Waals surface area contributed by atoms with E-state index >= 15 is 0 Å². The van der Waals surface area contributed by atoms with Crippen LogP contribution >= 0.6 is 11.6 Å². The number of ether oxygens (including phenoxy) is 2. The second kappa shape index (κ2) is 8.31. The molecular weight excluding hydrogens is 378 g/mol. The summed E-state index contributed by atoms with van der Waals surface area (Å²) in [6.45, 7) is 3.69. The molecule has 5 nitrogen and oxygen atoms in total. The van der Waals surface area contributed by atoms with Gasteiger partial charge in [-0.1, -0.05) is 23.7 Å². The molecule has 2 aromatic rings. The molecule has 0 saturated heterocycles. The summed E-state index contributed by atoms with van der Waals surface area (Å²) < 4.78 is 10.4. The molecule has 1 aliphatic heterocycles. The lowest BCUT2D eigenvalue weighted by Crippen LogP contribution is -2.24. The fraction of sp³-hybridized carbons (Fsp3) is 0.182. The number of anilines is 1. The van der Waals surface area contributed by atoms with Gasteiger partial charge >= 0.3 is 5.97 Å². The smallest absolute Gasteiger partial charge is 0.340 e. The van der Waals surface area contributed by atoms with Crippen LogP contribution in [0.3, 0.4) is 0 Å². The molecule has 6 heteroatoms. The number of hydrogen-bond acceptors (Lipinski definition) is 4. The second-order valence-corrected chi connectivity index (χ2v) is 6.57. The highest BCUT2D eigenvalue weighted by molar-refractivity contribution is 6.30. The van der Waals surface area contributed by atoms with Gasteiger partial charge in [-0.2, -0.15) is 0 Å². The van der Waals surface area contributed by atoms with Crippen molar-refractivity contribution < 1.29 is 19.1 Å². The largest absolute Gasteiger partial charge is 0.497 e. The van der Waals surface area contributed by atoms with Gasteiger partial charge in [0.05, 0.1) is 24.9 Å². The number of carbonyl (C=O) groups is 2. The molecule has 3 rings (SSSR count). The maximum absolute atomic E-state index is 13.2. The van der Waals surface area contributed by atoms with E-state index in [1.807, 2.05) is 0 Å². The average molecular weight is 398 g/mol.